The second kappa shape index (κ2) is 5.09. The summed E-state index contributed by atoms with van der Waals surface area (Å²) >= 11 is 0. The Kier molecular flexibility index (Phi) is 3.36. The second-order valence-electron chi connectivity index (χ2n) is 5.10. The highest BCUT2D eigenvalue weighted by Crippen LogP contribution is 2.31. The lowest BCUT2D eigenvalue weighted by atomic mass is 10.2. The van der Waals surface area contributed by atoms with Gasteiger partial charge in [0, 0.05) is 20.6 Å². The van der Waals surface area contributed by atoms with Gasteiger partial charge in [0.1, 0.15) is 6.33 Å². The molecule has 2 aromatic rings. The van der Waals surface area contributed by atoms with Crippen LogP contribution < -0.4 is 4.31 Å². The Labute approximate surface area is 128 Å². The first kappa shape index (κ1) is 14.5. The van der Waals surface area contributed by atoms with Crippen LogP contribution in [-0.4, -0.2) is 54.8 Å². The Morgan fingerprint density at radius 3 is 2.73 bits per heavy atom. The predicted molar refractivity (Wildman–Crippen MR) is 79.2 cm³/mol. The van der Waals surface area contributed by atoms with Gasteiger partial charge in [-0.15, -0.1) is 5.10 Å². The van der Waals surface area contributed by atoms with E-state index in [1.165, 1.54) is 9.21 Å². The van der Waals surface area contributed by atoms with E-state index in [0.29, 0.717) is 18.7 Å². The first-order valence-corrected chi connectivity index (χ1v) is 8.09. The van der Waals surface area contributed by atoms with Gasteiger partial charge in [-0.05, 0) is 18.1 Å². The fourth-order valence-electron chi connectivity index (χ4n) is 2.32. The number of hydrogen-bond acceptors (Lipinski definition) is 5. The molecule has 1 amide bonds. The number of amides is 1. The van der Waals surface area contributed by atoms with Gasteiger partial charge in [0.2, 0.25) is 0 Å². The average molecular weight is 321 g/mol. The van der Waals surface area contributed by atoms with Crippen LogP contribution in [0, 0.1) is 0 Å². The normalized spacial score (nSPS) is 14.0. The summed E-state index contributed by atoms with van der Waals surface area (Å²) in [6.07, 6.45) is 1.75. The number of nitrogens with zero attached hydrogens (tertiary/aromatic N) is 5. The molecule has 1 aromatic carbocycles. The Hall–Kier alpha value is -2.42. The maximum atomic E-state index is 12.7. The van der Waals surface area contributed by atoms with Gasteiger partial charge in [-0.25, -0.2) is 9.78 Å². The summed E-state index contributed by atoms with van der Waals surface area (Å²) in [6, 6.07) is 6.84. The van der Waals surface area contributed by atoms with Crippen LogP contribution in [0.3, 0.4) is 0 Å². The molecular weight excluding hydrogens is 306 g/mol. The van der Waals surface area contributed by atoms with Gasteiger partial charge in [-0.3, -0.25) is 4.31 Å². The minimum absolute atomic E-state index is 0.345. The number of fused-ring (bicyclic) bond motifs is 1. The van der Waals surface area contributed by atoms with Crippen molar-refractivity contribution in [1.82, 2.24) is 19.7 Å². The lowest BCUT2D eigenvalue weighted by Gasteiger charge is -2.17. The third-order valence-corrected chi connectivity index (χ3v) is 5.02. The number of carbonyl (C=O) groups is 1. The Morgan fingerprint density at radius 1 is 1.27 bits per heavy atom. The quantitative estimate of drug-likeness (QED) is 0.806. The maximum absolute atomic E-state index is 12.7. The highest BCUT2D eigenvalue weighted by molar-refractivity contribution is 7.92. The molecule has 2 heterocycles. The fourth-order valence-corrected chi connectivity index (χ4v) is 3.66. The first-order valence-electron chi connectivity index (χ1n) is 6.65. The number of carbonyl (C=O) groups excluding carboxylic acids is 1. The average Bonchev–Trinajstić information content (AvgIpc) is 3.13. The number of sulfonamides is 1. The lowest BCUT2D eigenvalue weighted by Crippen LogP contribution is -2.31. The monoisotopic (exact) mass is 321 g/mol. The molecule has 0 atom stereocenters. The summed E-state index contributed by atoms with van der Waals surface area (Å²) in [5.41, 5.74) is 1.60. The molecule has 0 aliphatic carbocycles. The van der Waals surface area contributed by atoms with Crippen molar-refractivity contribution in [3.8, 4) is 0 Å². The van der Waals surface area contributed by atoms with Gasteiger partial charge in [0.05, 0.1) is 5.69 Å². The zero-order chi connectivity index (χ0) is 15.9. The second-order valence-corrected chi connectivity index (χ2v) is 6.86. The molecule has 0 saturated carbocycles. The molecule has 22 heavy (non-hydrogen) atoms. The van der Waals surface area contributed by atoms with Crippen molar-refractivity contribution < 1.29 is 13.2 Å². The summed E-state index contributed by atoms with van der Waals surface area (Å²) in [6.45, 7) is 0.345. The van der Waals surface area contributed by atoms with Crippen molar-refractivity contribution in [3.63, 3.8) is 0 Å². The van der Waals surface area contributed by atoms with E-state index >= 15 is 0 Å². The Balaban J connectivity index is 1.97. The van der Waals surface area contributed by atoms with Crippen LogP contribution >= 0.6 is 0 Å². The van der Waals surface area contributed by atoms with Crippen molar-refractivity contribution in [2.24, 2.45) is 0 Å². The molecular formula is C13H15N5O3S. The number of hydrogen-bond donors (Lipinski definition) is 0. The minimum atomic E-state index is -3.87. The van der Waals surface area contributed by atoms with Gasteiger partial charge in [0.25, 0.3) is 5.16 Å². The van der Waals surface area contributed by atoms with Crippen LogP contribution in [0.25, 0.3) is 0 Å². The summed E-state index contributed by atoms with van der Waals surface area (Å²) < 4.78 is 27.5. The SMILES string of the molecule is CN(C)C(=O)n1cnc(S(=O)(=O)N2CCc3ccccc32)n1. The van der Waals surface area contributed by atoms with Crippen LogP contribution in [0.1, 0.15) is 5.56 Å². The molecule has 1 aromatic heterocycles. The van der Waals surface area contributed by atoms with Crippen molar-refractivity contribution in [2.75, 3.05) is 24.9 Å². The smallest absolute Gasteiger partial charge is 0.329 e. The number of rotatable bonds is 2. The first-order chi connectivity index (χ1) is 10.4. The summed E-state index contributed by atoms with van der Waals surface area (Å²) in [5, 5.41) is 3.43. The van der Waals surface area contributed by atoms with E-state index in [0.717, 1.165) is 16.6 Å². The number of aromatic nitrogens is 3. The fraction of sp³-hybridized carbons (Fsp3) is 0.308. The van der Waals surface area contributed by atoms with Crippen LogP contribution in [-0.2, 0) is 16.4 Å². The molecule has 1 aliphatic heterocycles. The number of para-hydroxylation sites is 1. The topological polar surface area (TPSA) is 88.4 Å². The molecule has 116 valence electrons. The van der Waals surface area contributed by atoms with E-state index in [9.17, 15) is 13.2 Å². The third-order valence-electron chi connectivity index (χ3n) is 3.41. The van der Waals surface area contributed by atoms with E-state index in [4.69, 9.17) is 0 Å². The van der Waals surface area contributed by atoms with Gasteiger partial charge in [0.15, 0.2) is 0 Å². The summed E-state index contributed by atoms with van der Waals surface area (Å²) in [4.78, 5) is 16.9. The molecule has 1 aliphatic rings. The molecule has 0 fully saturated rings. The van der Waals surface area contributed by atoms with E-state index in [2.05, 4.69) is 10.1 Å². The minimum Gasteiger partial charge on any atom is -0.329 e. The largest absolute Gasteiger partial charge is 0.345 e. The zero-order valence-corrected chi connectivity index (χ0v) is 13.0. The number of benzene rings is 1. The highest BCUT2D eigenvalue weighted by Gasteiger charge is 2.33. The number of anilines is 1. The van der Waals surface area contributed by atoms with Crippen molar-refractivity contribution in [3.05, 3.63) is 36.2 Å². The molecule has 0 bridgehead atoms. The van der Waals surface area contributed by atoms with E-state index in [1.54, 1.807) is 26.2 Å². The Bertz CT molecular complexity index is 828. The predicted octanol–water partition coefficient (Wildman–Crippen LogP) is 0.559. The molecule has 0 radical (unpaired) electrons. The third kappa shape index (κ3) is 2.23. The van der Waals surface area contributed by atoms with E-state index < -0.39 is 16.1 Å². The molecule has 9 heteroatoms. The van der Waals surface area contributed by atoms with Crippen LogP contribution in [0.15, 0.2) is 35.7 Å². The van der Waals surface area contributed by atoms with Crippen molar-refractivity contribution in [1.29, 1.82) is 0 Å². The Morgan fingerprint density at radius 2 is 2.00 bits per heavy atom. The van der Waals surface area contributed by atoms with Crippen molar-refractivity contribution in [2.45, 2.75) is 11.6 Å². The van der Waals surface area contributed by atoms with Crippen LogP contribution in [0.2, 0.25) is 0 Å². The van der Waals surface area contributed by atoms with Crippen molar-refractivity contribution >= 4 is 21.7 Å². The summed E-state index contributed by atoms with van der Waals surface area (Å²) in [5.74, 6) is 0. The molecule has 0 N–H and O–H groups in total. The van der Waals surface area contributed by atoms with E-state index in [-0.39, 0.29) is 5.16 Å². The van der Waals surface area contributed by atoms with Gasteiger partial charge in [-0.1, -0.05) is 18.2 Å². The molecule has 0 spiro atoms. The van der Waals surface area contributed by atoms with Gasteiger partial charge >= 0.3 is 16.1 Å². The maximum Gasteiger partial charge on any atom is 0.345 e. The lowest BCUT2D eigenvalue weighted by molar-refractivity contribution is 0.215. The van der Waals surface area contributed by atoms with Gasteiger partial charge in [-0.2, -0.15) is 13.1 Å². The highest BCUT2D eigenvalue weighted by atomic mass is 32.2. The van der Waals surface area contributed by atoms with Gasteiger partial charge < -0.3 is 4.90 Å². The molecule has 0 saturated heterocycles. The molecule has 3 rings (SSSR count). The standard InChI is InChI=1S/C13H15N5O3S/c1-16(2)13(19)17-9-14-12(15-17)22(20,21)18-8-7-10-5-3-4-6-11(10)18/h3-6,9H,7-8H2,1-2H3. The van der Waals surface area contributed by atoms with E-state index in [1.807, 2.05) is 12.1 Å². The molecule has 0 unspecified atom stereocenters. The van der Waals surface area contributed by atoms with Crippen LogP contribution in [0.5, 0.6) is 0 Å². The summed E-state index contributed by atoms with van der Waals surface area (Å²) in [7, 11) is -0.770. The zero-order valence-electron chi connectivity index (χ0n) is 12.2. The molecule has 8 nitrogen and oxygen atoms in total. The van der Waals surface area contributed by atoms with Crippen LogP contribution in [0.4, 0.5) is 10.5 Å².